The van der Waals surface area contributed by atoms with Crippen LogP contribution in [0.1, 0.15) is 32.1 Å². The summed E-state index contributed by atoms with van der Waals surface area (Å²) in [4.78, 5) is 23.4. The molecule has 2 saturated carbocycles. The average Bonchev–Trinajstić information content (AvgIpc) is 3.03. The van der Waals surface area contributed by atoms with Crippen molar-refractivity contribution in [3.05, 3.63) is 0 Å². The van der Waals surface area contributed by atoms with Crippen molar-refractivity contribution in [2.24, 2.45) is 23.7 Å². The van der Waals surface area contributed by atoms with Crippen molar-refractivity contribution in [3.8, 4) is 0 Å². The number of hydrogen-bond donors (Lipinski definition) is 3. The number of rotatable bonds is 4. The minimum absolute atomic E-state index is 0.0394. The SMILES string of the molecule is O=C(CC1CCNC1)NC1C2CCC(C2)C1C(=O)O. The lowest BCUT2D eigenvalue weighted by molar-refractivity contribution is -0.144. The Labute approximate surface area is 113 Å². The molecular formula is C14H22N2O3. The highest BCUT2D eigenvalue weighted by molar-refractivity contribution is 5.79. The molecule has 0 spiro atoms. The first kappa shape index (κ1) is 12.9. The lowest BCUT2D eigenvalue weighted by atomic mass is 9.84. The topological polar surface area (TPSA) is 78.4 Å². The maximum Gasteiger partial charge on any atom is 0.308 e. The predicted octanol–water partition coefficient (Wildman–Crippen LogP) is 0.601. The van der Waals surface area contributed by atoms with E-state index >= 15 is 0 Å². The first-order valence-corrected chi connectivity index (χ1v) is 7.38. The Morgan fingerprint density at radius 3 is 2.68 bits per heavy atom. The molecule has 5 unspecified atom stereocenters. The summed E-state index contributed by atoms with van der Waals surface area (Å²) in [5, 5.41) is 15.6. The number of carboxylic acids is 1. The lowest BCUT2D eigenvalue weighted by Gasteiger charge is -2.29. The number of carbonyl (C=O) groups excluding carboxylic acids is 1. The van der Waals surface area contributed by atoms with Crippen LogP contribution in [-0.4, -0.2) is 36.1 Å². The molecule has 0 aromatic carbocycles. The Balaban J connectivity index is 1.58. The monoisotopic (exact) mass is 266 g/mol. The van der Waals surface area contributed by atoms with Gasteiger partial charge in [0.15, 0.2) is 0 Å². The molecule has 3 aliphatic rings. The molecule has 19 heavy (non-hydrogen) atoms. The van der Waals surface area contributed by atoms with Crippen LogP contribution >= 0.6 is 0 Å². The van der Waals surface area contributed by atoms with Crippen molar-refractivity contribution in [1.82, 2.24) is 10.6 Å². The van der Waals surface area contributed by atoms with Crippen LogP contribution in [0, 0.1) is 23.7 Å². The molecule has 1 amide bonds. The zero-order valence-electron chi connectivity index (χ0n) is 11.1. The van der Waals surface area contributed by atoms with Crippen LogP contribution in [0.5, 0.6) is 0 Å². The molecule has 1 aliphatic heterocycles. The van der Waals surface area contributed by atoms with Gasteiger partial charge in [0, 0.05) is 12.5 Å². The second-order valence-corrected chi connectivity index (χ2v) is 6.35. The van der Waals surface area contributed by atoms with Crippen LogP contribution in [-0.2, 0) is 9.59 Å². The van der Waals surface area contributed by atoms with Crippen molar-refractivity contribution < 1.29 is 14.7 Å². The lowest BCUT2D eigenvalue weighted by Crippen LogP contribution is -2.47. The maximum absolute atomic E-state index is 12.1. The molecule has 2 aliphatic carbocycles. The van der Waals surface area contributed by atoms with Gasteiger partial charge in [-0.2, -0.15) is 0 Å². The average molecular weight is 266 g/mol. The van der Waals surface area contributed by atoms with Crippen molar-refractivity contribution >= 4 is 11.9 Å². The van der Waals surface area contributed by atoms with Gasteiger partial charge in [0.25, 0.3) is 0 Å². The number of amides is 1. The highest BCUT2D eigenvalue weighted by atomic mass is 16.4. The van der Waals surface area contributed by atoms with Crippen LogP contribution in [0.25, 0.3) is 0 Å². The molecular weight excluding hydrogens is 244 g/mol. The molecule has 3 fully saturated rings. The Morgan fingerprint density at radius 1 is 1.21 bits per heavy atom. The fourth-order valence-corrected chi connectivity index (χ4v) is 4.25. The van der Waals surface area contributed by atoms with Crippen molar-refractivity contribution in [2.75, 3.05) is 13.1 Å². The first-order valence-electron chi connectivity index (χ1n) is 7.38. The van der Waals surface area contributed by atoms with Gasteiger partial charge < -0.3 is 15.7 Å². The van der Waals surface area contributed by atoms with E-state index in [1.807, 2.05) is 0 Å². The summed E-state index contributed by atoms with van der Waals surface area (Å²) >= 11 is 0. The third kappa shape index (κ3) is 2.48. The minimum atomic E-state index is -0.736. The molecule has 0 radical (unpaired) electrons. The molecule has 0 aromatic rings. The molecule has 1 saturated heterocycles. The van der Waals surface area contributed by atoms with Gasteiger partial charge in [-0.05, 0) is 56.5 Å². The maximum atomic E-state index is 12.1. The zero-order valence-corrected chi connectivity index (χ0v) is 11.1. The van der Waals surface area contributed by atoms with E-state index in [0.717, 1.165) is 38.8 Å². The van der Waals surface area contributed by atoms with Gasteiger partial charge in [0.2, 0.25) is 5.91 Å². The molecule has 3 rings (SSSR count). The van der Waals surface area contributed by atoms with E-state index in [9.17, 15) is 14.7 Å². The number of nitrogens with one attached hydrogen (secondary N) is 2. The number of fused-ring (bicyclic) bond motifs is 2. The van der Waals surface area contributed by atoms with E-state index in [0.29, 0.717) is 18.3 Å². The van der Waals surface area contributed by atoms with E-state index in [-0.39, 0.29) is 23.8 Å². The highest BCUT2D eigenvalue weighted by Gasteiger charge is 2.51. The van der Waals surface area contributed by atoms with E-state index in [4.69, 9.17) is 0 Å². The Morgan fingerprint density at radius 2 is 2.00 bits per heavy atom. The van der Waals surface area contributed by atoms with Gasteiger partial charge in [0.1, 0.15) is 0 Å². The van der Waals surface area contributed by atoms with Gasteiger partial charge in [-0.25, -0.2) is 0 Å². The summed E-state index contributed by atoms with van der Waals surface area (Å²) in [6, 6.07) is -0.127. The van der Waals surface area contributed by atoms with Crippen LogP contribution in [0.2, 0.25) is 0 Å². The predicted molar refractivity (Wildman–Crippen MR) is 69.5 cm³/mol. The fraction of sp³-hybridized carbons (Fsp3) is 0.857. The quantitative estimate of drug-likeness (QED) is 0.696. The normalized spacial score (nSPS) is 40.5. The van der Waals surface area contributed by atoms with Gasteiger partial charge in [0.05, 0.1) is 5.92 Å². The van der Waals surface area contributed by atoms with E-state index in [2.05, 4.69) is 10.6 Å². The van der Waals surface area contributed by atoms with Crippen molar-refractivity contribution in [2.45, 2.75) is 38.1 Å². The molecule has 2 bridgehead atoms. The zero-order chi connectivity index (χ0) is 13.4. The molecule has 5 heteroatoms. The molecule has 5 atom stereocenters. The summed E-state index contributed by atoms with van der Waals surface area (Å²) < 4.78 is 0. The van der Waals surface area contributed by atoms with E-state index in [1.165, 1.54) is 0 Å². The Kier molecular flexibility index (Phi) is 3.48. The Bertz CT molecular complexity index is 379. The van der Waals surface area contributed by atoms with Crippen LogP contribution < -0.4 is 10.6 Å². The van der Waals surface area contributed by atoms with Crippen LogP contribution in [0.3, 0.4) is 0 Å². The summed E-state index contributed by atoms with van der Waals surface area (Å²) in [7, 11) is 0. The molecule has 3 N–H and O–H groups in total. The second kappa shape index (κ2) is 5.12. The summed E-state index contributed by atoms with van der Waals surface area (Å²) in [6.45, 7) is 1.90. The highest BCUT2D eigenvalue weighted by Crippen LogP contribution is 2.48. The second-order valence-electron chi connectivity index (χ2n) is 6.35. The summed E-state index contributed by atoms with van der Waals surface area (Å²) in [5.74, 6) is 0.0292. The van der Waals surface area contributed by atoms with Gasteiger partial charge in [-0.3, -0.25) is 9.59 Å². The van der Waals surface area contributed by atoms with Crippen LogP contribution in [0.15, 0.2) is 0 Å². The van der Waals surface area contributed by atoms with Crippen molar-refractivity contribution in [1.29, 1.82) is 0 Å². The molecule has 5 nitrogen and oxygen atoms in total. The van der Waals surface area contributed by atoms with Crippen molar-refractivity contribution in [3.63, 3.8) is 0 Å². The number of carbonyl (C=O) groups is 2. The largest absolute Gasteiger partial charge is 0.481 e. The summed E-state index contributed by atoms with van der Waals surface area (Å²) in [5.41, 5.74) is 0. The fourth-order valence-electron chi connectivity index (χ4n) is 4.25. The van der Waals surface area contributed by atoms with Gasteiger partial charge in [-0.1, -0.05) is 0 Å². The molecule has 1 heterocycles. The van der Waals surface area contributed by atoms with E-state index < -0.39 is 5.97 Å². The number of carboxylic acid groups (broad SMARTS) is 1. The minimum Gasteiger partial charge on any atom is -0.481 e. The first-order chi connectivity index (χ1) is 9.15. The third-order valence-electron chi connectivity index (χ3n) is 5.17. The number of aliphatic carboxylic acids is 1. The summed E-state index contributed by atoms with van der Waals surface area (Å²) in [6.07, 6.45) is 4.65. The van der Waals surface area contributed by atoms with Crippen LogP contribution in [0.4, 0.5) is 0 Å². The molecule has 0 aromatic heterocycles. The standard InChI is InChI=1S/C14H22N2O3/c17-11(5-8-3-4-15-7-8)16-13-10-2-1-9(6-10)12(13)14(18)19/h8-10,12-13,15H,1-7H2,(H,16,17)(H,18,19). The van der Waals surface area contributed by atoms with Gasteiger partial charge >= 0.3 is 5.97 Å². The van der Waals surface area contributed by atoms with Gasteiger partial charge in [-0.15, -0.1) is 0 Å². The smallest absolute Gasteiger partial charge is 0.308 e. The van der Waals surface area contributed by atoms with E-state index in [1.54, 1.807) is 0 Å². The Hall–Kier alpha value is -1.10. The molecule has 106 valence electrons. The third-order valence-corrected chi connectivity index (χ3v) is 5.17. The number of hydrogen-bond acceptors (Lipinski definition) is 3.